The first-order valence-corrected chi connectivity index (χ1v) is 13.8. The number of thiazole rings is 1. The first kappa shape index (κ1) is 26.1. The lowest BCUT2D eigenvalue weighted by molar-refractivity contribution is 0.0967. The Morgan fingerprint density at radius 1 is 1.09 bits per heavy atom. The van der Waals surface area contributed by atoms with Crippen LogP contribution in [-0.4, -0.2) is 55.6 Å². The normalized spacial score (nSPS) is 11.6. The molecule has 8 nitrogen and oxygen atoms in total. The number of imide groups is 1. The SMILES string of the molecule is CCN(CC)CCCCS(=O)(=O)c1ccc2nc(NC(=O)NC(=O)c3ccccc3Cl)sc2c1. The van der Waals surface area contributed by atoms with Gasteiger partial charge >= 0.3 is 6.03 Å². The van der Waals surface area contributed by atoms with Crippen LogP contribution in [0.4, 0.5) is 9.93 Å². The fourth-order valence-corrected chi connectivity index (χ4v) is 5.97. The molecule has 11 heteroatoms. The van der Waals surface area contributed by atoms with Crippen LogP contribution in [0.2, 0.25) is 5.02 Å². The number of carbonyl (C=O) groups is 2. The van der Waals surface area contributed by atoms with E-state index in [1.807, 2.05) is 0 Å². The monoisotopic (exact) mass is 522 g/mol. The van der Waals surface area contributed by atoms with Crippen LogP contribution in [0.15, 0.2) is 47.4 Å². The average Bonchev–Trinajstić information content (AvgIpc) is 3.20. The standard InChI is InChI=1S/C23H27ClN4O4S2/c1-3-28(4-2)13-7-8-14-34(31,32)16-11-12-19-20(15-16)33-23(25-19)27-22(30)26-21(29)17-9-5-6-10-18(17)24/h5-6,9-12,15H,3-4,7-8,13-14H2,1-2H3,(H2,25,26,27,29,30). The number of fused-ring (bicyclic) bond motifs is 1. The molecule has 2 aromatic carbocycles. The molecule has 3 aromatic rings. The van der Waals surface area contributed by atoms with Crippen LogP contribution in [0.1, 0.15) is 37.0 Å². The molecule has 3 amide bonds. The van der Waals surface area contributed by atoms with E-state index in [2.05, 4.69) is 34.4 Å². The predicted octanol–water partition coefficient (Wildman–Crippen LogP) is 4.81. The highest BCUT2D eigenvalue weighted by Crippen LogP contribution is 2.29. The largest absolute Gasteiger partial charge is 0.327 e. The van der Waals surface area contributed by atoms with Crippen molar-refractivity contribution in [3.63, 3.8) is 0 Å². The van der Waals surface area contributed by atoms with Gasteiger partial charge in [-0.25, -0.2) is 18.2 Å². The molecule has 2 N–H and O–H groups in total. The molecule has 0 aliphatic carbocycles. The molecule has 34 heavy (non-hydrogen) atoms. The van der Waals surface area contributed by atoms with Crippen LogP contribution >= 0.6 is 22.9 Å². The lowest BCUT2D eigenvalue weighted by Gasteiger charge is -2.17. The number of anilines is 1. The Balaban J connectivity index is 1.62. The summed E-state index contributed by atoms with van der Waals surface area (Å²) < 4.78 is 26.2. The van der Waals surface area contributed by atoms with Crippen LogP contribution in [0.25, 0.3) is 10.2 Å². The molecular weight excluding hydrogens is 496 g/mol. The second-order valence-corrected chi connectivity index (χ2v) is 11.1. The van der Waals surface area contributed by atoms with E-state index >= 15 is 0 Å². The van der Waals surface area contributed by atoms with Crippen LogP contribution in [0, 0.1) is 0 Å². The summed E-state index contributed by atoms with van der Waals surface area (Å²) in [6.07, 6.45) is 1.41. The minimum absolute atomic E-state index is 0.0796. The number of unbranched alkanes of at least 4 members (excludes halogenated alkanes) is 1. The van der Waals surface area contributed by atoms with Gasteiger partial charge in [-0.15, -0.1) is 0 Å². The van der Waals surface area contributed by atoms with E-state index in [4.69, 9.17) is 11.6 Å². The van der Waals surface area contributed by atoms with Gasteiger partial charge in [-0.1, -0.05) is 48.9 Å². The highest BCUT2D eigenvalue weighted by atomic mass is 35.5. The van der Waals surface area contributed by atoms with Crippen molar-refractivity contribution in [3.8, 4) is 0 Å². The van der Waals surface area contributed by atoms with E-state index in [1.54, 1.807) is 30.3 Å². The molecular formula is C23H27ClN4O4S2. The summed E-state index contributed by atoms with van der Waals surface area (Å²) in [6.45, 7) is 6.97. The van der Waals surface area contributed by atoms with Crippen LogP contribution in [0.3, 0.4) is 0 Å². The summed E-state index contributed by atoms with van der Waals surface area (Å²) in [7, 11) is -3.42. The Kier molecular flexibility index (Phi) is 9.01. The zero-order chi connectivity index (χ0) is 24.7. The molecule has 0 spiro atoms. The third-order valence-corrected chi connectivity index (χ3v) is 8.38. The van der Waals surface area contributed by atoms with Gasteiger partial charge in [-0.2, -0.15) is 0 Å². The fourth-order valence-electron chi connectivity index (χ4n) is 3.38. The number of amides is 3. The third kappa shape index (κ3) is 6.75. The minimum atomic E-state index is -3.42. The van der Waals surface area contributed by atoms with E-state index in [9.17, 15) is 18.0 Å². The van der Waals surface area contributed by atoms with Crippen molar-refractivity contribution in [2.24, 2.45) is 0 Å². The fraction of sp³-hybridized carbons (Fsp3) is 0.348. The van der Waals surface area contributed by atoms with Crippen molar-refractivity contribution >= 4 is 60.1 Å². The number of halogens is 1. The average molecular weight is 523 g/mol. The zero-order valence-electron chi connectivity index (χ0n) is 19.0. The summed E-state index contributed by atoms with van der Waals surface area (Å²) in [5.74, 6) is -0.561. The van der Waals surface area contributed by atoms with Crippen molar-refractivity contribution in [2.45, 2.75) is 31.6 Å². The number of benzene rings is 2. The van der Waals surface area contributed by atoms with Gasteiger partial charge in [0.15, 0.2) is 15.0 Å². The van der Waals surface area contributed by atoms with Crippen LogP contribution < -0.4 is 10.6 Å². The molecule has 0 fully saturated rings. The number of aromatic nitrogens is 1. The maximum atomic E-state index is 12.8. The van der Waals surface area contributed by atoms with Crippen LogP contribution in [0.5, 0.6) is 0 Å². The summed E-state index contributed by atoms with van der Waals surface area (Å²) in [5.41, 5.74) is 0.730. The number of nitrogens with zero attached hydrogens (tertiary/aromatic N) is 2. The van der Waals surface area contributed by atoms with Gasteiger partial charge in [0.05, 0.1) is 31.5 Å². The van der Waals surface area contributed by atoms with E-state index in [-0.39, 0.29) is 26.4 Å². The molecule has 0 saturated heterocycles. The Morgan fingerprint density at radius 2 is 1.82 bits per heavy atom. The Morgan fingerprint density at radius 3 is 2.53 bits per heavy atom. The van der Waals surface area contributed by atoms with Gasteiger partial charge in [0.1, 0.15) is 0 Å². The number of sulfone groups is 1. The highest BCUT2D eigenvalue weighted by Gasteiger charge is 2.18. The Labute approximate surface area is 208 Å². The molecule has 0 aliphatic rings. The summed E-state index contributed by atoms with van der Waals surface area (Å²) in [4.78, 5) is 31.3. The quantitative estimate of drug-likeness (QED) is 0.370. The lowest BCUT2D eigenvalue weighted by atomic mass is 10.2. The number of rotatable bonds is 10. The first-order chi connectivity index (χ1) is 16.2. The zero-order valence-corrected chi connectivity index (χ0v) is 21.4. The van der Waals surface area contributed by atoms with Gasteiger partial charge in [0, 0.05) is 0 Å². The van der Waals surface area contributed by atoms with Crippen molar-refractivity contribution in [1.29, 1.82) is 0 Å². The number of carbonyl (C=O) groups excluding carboxylic acids is 2. The maximum Gasteiger partial charge on any atom is 0.327 e. The second-order valence-electron chi connectivity index (χ2n) is 7.59. The van der Waals surface area contributed by atoms with E-state index in [1.165, 1.54) is 12.1 Å². The molecule has 0 unspecified atom stereocenters. The van der Waals surface area contributed by atoms with Gasteiger partial charge in [0.2, 0.25) is 0 Å². The van der Waals surface area contributed by atoms with Crippen molar-refractivity contribution in [1.82, 2.24) is 15.2 Å². The van der Waals surface area contributed by atoms with Gasteiger partial charge in [0.25, 0.3) is 5.91 Å². The van der Waals surface area contributed by atoms with Crippen LogP contribution in [-0.2, 0) is 9.84 Å². The topological polar surface area (TPSA) is 108 Å². The van der Waals surface area contributed by atoms with E-state index in [0.717, 1.165) is 37.4 Å². The summed E-state index contributed by atoms with van der Waals surface area (Å²) in [5, 5.41) is 5.19. The van der Waals surface area contributed by atoms with Gasteiger partial charge < -0.3 is 4.90 Å². The molecule has 182 valence electrons. The molecule has 0 atom stereocenters. The summed E-state index contributed by atoms with van der Waals surface area (Å²) in [6, 6.07) is 10.4. The predicted molar refractivity (Wildman–Crippen MR) is 137 cm³/mol. The number of hydrogen-bond donors (Lipinski definition) is 2. The molecule has 0 bridgehead atoms. The summed E-state index contributed by atoms with van der Waals surface area (Å²) >= 11 is 7.11. The second kappa shape index (κ2) is 11.7. The minimum Gasteiger partial charge on any atom is -0.304 e. The number of nitrogens with one attached hydrogen (secondary N) is 2. The van der Waals surface area contributed by atoms with Gasteiger partial charge in [-0.05, 0) is 62.8 Å². The van der Waals surface area contributed by atoms with Crippen molar-refractivity contribution < 1.29 is 18.0 Å². The third-order valence-electron chi connectivity index (χ3n) is 5.32. The van der Waals surface area contributed by atoms with Crippen molar-refractivity contribution in [3.05, 3.63) is 53.1 Å². The Bertz CT molecular complexity index is 1270. The van der Waals surface area contributed by atoms with E-state index in [0.29, 0.717) is 16.6 Å². The molecule has 3 rings (SSSR count). The van der Waals surface area contributed by atoms with Crippen molar-refractivity contribution in [2.75, 3.05) is 30.7 Å². The molecule has 1 heterocycles. The molecule has 0 saturated carbocycles. The molecule has 1 aromatic heterocycles. The number of urea groups is 1. The number of hydrogen-bond acceptors (Lipinski definition) is 7. The Hall–Kier alpha value is -2.53. The first-order valence-electron chi connectivity index (χ1n) is 11.0. The molecule has 0 radical (unpaired) electrons. The molecule has 0 aliphatic heterocycles. The lowest BCUT2D eigenvalue weighted by Crippen LogP contribution is -2.34. The van der Waals surface area contributed by atoms with Gasteiger partial charge in [-0.3, -0.25) is 15.4 Å². The highest BCUT2D eigenvalue weighted by molar-refractivity contribution is 7.91. The smallest absolute Gasteiger partial charge is 0.304 e. The maximum absolute atomic E-state index is 12.8. The van der Waals surface area contributed by atoms with E-state index < -0.39 is 21.8 Å².